The Morgan fingerprint density at radius 3 is 2.62 bits per heavy atom. The molecule has 0 bridgehead atoms. The molecule has 1 saturated carbocycles. The first kappa shape index (κ1) is 25.4. The predicted molar refractivity (Wildman–Crippen MR) is 144 cm³/mol. The minimum absolute atomic E-state index is 0.114. The van der Waals surface area contributed by atoms with Gasteiger partial charge in [0.2, 0.25) is 11.9 Å². The van der Waals surface area contributed by atoms with Gasteiger partial charge in [-0.15, -0.1) is 0 Å². The fourth-order valence-electron chi connectivity index (χ4n) is 5.83. The van der Waals surface area contributed by atoms with Crippen LogP contribution in [0.4, 0.5) is 20.5 Å². The molecule has 3 N–H and O–H groups in total. The first-order valence-electron chi connectivity index (χ1n) is 13.5. The summed E-state index contributed by atoms with van der Waals surface area (Å²) in [6.45, 7) is 2.96. The Morgan fingerprint density at radius 1 is 1.13 bits per heavy atom. The third-order valence-electron chi connectivity index (χ3n) is 7.84. The number of likely N-dealkylation sites (tertiary alicyclic amines) is 1. The van der Waals surface area contributed by atoms with E-state index < -0.39 is 13.0 Å². The molecule has 1 amide bonds. The van der Waals surface area contributed by atoms with Gasteiger partial charge in [-0.25, -0.2) is 23.7 Å². The highest BCUT2D eigenvalue weighted by atomic mass is 19.3. The molecule has 0 aromatic carbocycles. The van der Waals surface area contributed by atoms with E-state index in [2.05, 4.69) is 30.6 Å². The number of hydrogen-bond donors (Lipinski definition) is 3. The van der Waals surface area contributed by atoms with Crippen LogP contribution in [0.3, 0.4) is 0 Å². The molecule has 1 aliphatic heterocycles. The number of imidazole rings is 1. The number of anilines is 2. The van der Waals surface area contributed by atoms with Crippen LogP contribution in [-0.4, -0.2) is 77.9 Å². The summed E-state index contributed by atoms with van der Waals surface area (Å²) < 4.78 is 27.7. The molecule has 11 nitrogen and oxygen atoms in total. The summed E-state index contributed by atoms with van der Waals surface area (Å²) in [5.41, 5.74) is 2.46. The molecule has 0 spiro atoms. The molecule has 2 aliphatic rings. The molecule has 0 atom stereocenters. The summed E-state index contributed by atoms with van der Waals surface area (Å²) in [6, 6.07) is 0.191. The molecule has 2 fully saturated rings. The summed E-state index contributed by atoms with van der Waals surface area (Å²) in [5.74, 6) is 1.97. The van der Waals surface area contributed by atoms with Crippen LogP contribution in [0.5, 0.6) is 0 Å². The standard InChI is InChI=1S/C26H32F2N10O/c1-14-32-23-24(38(14)13-19(27)28)34-18(12-31-23)17-11-30-22-20(17)21(29-2)35-26(36-22)33-16-7-5-15(6-8-16)25(39)37-9-3-4-10-37/h11-12,15-16,19H,3-10,13H2,1-2H3,(H3,29,30,33,35,36). The predicted octanol–water partition coefficient (Wildman–Crippen LogP) is 3.97. The molecule has 0 unspecified atom stereocenters. The topological polar surface area (TPSA) is 130 Å². The van der Waals surface area contributed by atoms with Crippen molar-refractivity contribution in [2.24, 2.45) is 5.92 Å². The van der Waals surface area contributed by atoms with E-state index in [0.29, 0.717) is 51.7 Å². The second kappa shape index (κ2) is 10.3. The maximum Gasteiger partial charge on any atom is 0.256 e. The van der Waals surface area contributed by atoms with Crippen molar-refractivity contribution in [2.45, 2.75) is 64.5 Å². The number of carbonyl (C=O) groups is 1. The van der Waals surface area contributed by atoms with Gasteiger partial charge in [-0.05, 0) is 45.4 Å². The number of aryl methyl sites for hydroxylation is 1. The minimum atomic E-state index is -2.53. The Balaban J connectivity index is 1.23. The highest BCUT2D eigenvalue weighted by Crippen LogP contribution is 2.34. The number of aromatic nitrogens is 7. The maximum absolute atomic E-state index is 13.2. The fraction of sp³-hybridized carbons (Fsp3) is 0.538. The highest BCUT2D eigenvalue weighted by Gasteiger charge is 2.31. The van der Waals surface area contributed by atoms with Crippen molar-refractivity contribution in [1.29, 1.82) is 0 Å². The number of amides is 1. The van der Waals surface area contributed by atoms with Gasteiger partial charge in [0.15, 0.2) is 11.3 Å². The maximum atomic E-state index is 13.2. The number of nitrogens with one attached hydrogen (secondary N) is 3. The van der Waals surface area contributed by atoms with Crippen LogP contribution in [0.25, 0.3) is 33.6 Å². The van der Waals surface area contributed by atoms with Crippen molar-refractivity contribution in [2.75, 3.05) is 30.8 Å². The van der Waals surface area contributed by atoms with Gasteiger partial charge in [-0.2, -0.15) is 9.97 Å². The number of halogens is 2. The number of fused-ring (bicyclic) bond motifs is 2. The van der Waals surface area contributed by atoms with Gasteiger partial charge in [0, 0.05) is 43.9 Å². The number of rotatable bonds is 7. The molecular weight excluding hydrogens is 506 g/mol. The zero-order valence-corrected chi connectivity index (χ0v) is 22.0. The van der Waals surface area contributed by atoms with Crippen molar-refractivity contribution < 1.29 is 13.6 Å². The Labute approximate surface area is 223 Å². The number of aromatic amines is 1. The van der Waals surface area contributed by atoms with Crippen molar-refractivity contribution in [3.05, 3.63) is 18.2 Å². The average molecular weight is 539 g/mol. The van der Waals surface area contributed by atoms with Gasteiger partial charge in [0.05, 0.1) is 23.8 Å². The van der Waals surface area contributed by atoms with Crippen LogP contribution >= 0.6 is 0 Å². The van der Waals surface area contributed by atoms with E-state index in [0.717, 1.165) is 57.0 Å². The zero-order valence-electron chi connectivity index (χ0n) is 22.0. The highest BCUT2D eigenvalue weighted by molar-refractivity contribution is 6.01. The molecule has 4 aromatic heterocycles. The number of alkyl halides is 2. The van der Waals surface area contributed by atoms with Crippen LogP contribution in [0.2, 0.25) is 0 Å². The van der Waals surface area contributed by atoms with Gasteiger partial charge in [-0.3, -0.25) is 4.79 Å². The largest absolute Gasteiger partial charge is 0.372 e. The van der Waals surface area contributed by atoms with Crippen molar-refractivity contribution in [3.63, 3.8) is 0 Å². The van der Waals surface area contributed by atoms with Gasteiger partial charge in [0.1, 0.15) is 17.3 Å². The van der Waals surface area contributed by atoms with Crippen molar-refractivity contribution in [3.8, 4) is 11.3 Å². The molecule has 39 heavy (non-hydrogen) atoms. The normalized spacial score (nSPS) is 19.9. The van der Waals surface area contributed by atoms with Crippen LogP contribution < -0.4 is 10.6 Å². The van der Waals surface area contributed by atoms with Gasteiger partial charge in [-0.1, -0.05) is 0 Å². The molecule has 206 valence electrons. The first-order chi connectivity index (χ1) is 18.9. The minimum Gasteiger partial charge on any atom is -0.372 e. The number of hydrogen-bond acceptors (Lipinski definition) is 8. The average Bonchev–Trinajstić information content (AvgIpc) is 3.68. The van der Waals surface area contributed by atoms with Crippen LogP contribution in [0.15, 0.2) is 12.4 Å². The van der Waals surface area contributed by atoms with Gasteiger partial charge in [0.25, 0.3) is 6.43 Å². The second-order valence-corrected chi connectivity index (χ2v) is 10.4. The van der Waals surface area contributed by atoms with E-state index in [-0.39, 0.29) is 12.0 Å². The van der Waals surface area contributed by atoms with E-state index in [1.165, 1.54) is 4.57 Å². The molecular formula is C26H32F2N10O. The van der Waals surface area contributed by atoms with Crippen LogP contribution in [0.1, 0.15) is 44.3 Å². The lowest BCUT2D eigenvalue weighted by atomic mass is 9.85. The van der Waals surface area contributed by atoms with E-state index >= 15 is 0 Å². The molecule has 5 heterocycles. The molecule has 0 radical (unpaired) electrons. The monoisotopic (exact) mass is 538 g/mol. The number of nitrogens with zero attached hydrogens (tertiary/aromatic N) is 7. The van der Waals surface area contributed by atoms with Gasteiger partial charge >= 0.3 is 0 Å². The first-order valence-corrected chi connectivity index (χ1v) is 13.5. The Kier molecular flexibility index (Phi) is 6.73. The second-order valence-electron chi connectivity index (χ2n) is 10.4. The molecule has 1 aliphatic carbocycles. The van der Waals surface area contributed by atoms with Crippen molar-refractivity contribution in [1.82, 2.24) is 39.4 Å². The lowest BCUT2D eigenvalue weighted by Crippen LogP contribution is -2.37. The molecule has 6 rings (SSSR count). The van der Waals surface area contributed by atoms with E-state index in [1.807, 2.05) is 4.90 Å². The molecule has 13 heteroatoms. The lowest BCUT2D eigenvalue weighted by molar-refractivity contribution is -0.135. The SMILES string of the molecule is CNc1nc(NC2CCC(C(=O)N3CCCC3)CC2)nc2[nH]cc(-c3cnc4nc(C)n(CC(F)F)c4n3)c12. The Hall–Kier alpha value is -3.90. The summed E-state index contributed by atoms with van der Waals surface area (Å²) in [5, 5.41) is 7.34. The summed E-state index contributed by atoms with van der Waals surface area (Å²) in [4.78, 5) is 40.7. The zero-order chi connectivity index (χ0) is 27.1. The molecule has 4 aromatic rings. The van der Waals surface area contributed by atoms with Crippen molar-refractivity contribution >= 4 is 40.0 Å². The smallest absolute Gasteiger partial charge is 0.256 e. The third kappa shape index (κ3) is 4.85. The Bertz CT molecular complexity index is 1500. The van der Waals surface area contributed by atoms with E-state index in [9.17, 15) is 13.6 Å². The summed E-state index contributed by atoms with van der Waals surface area (Å²) in [7, 11) is 1.79. The summed E-state index contributed by atoms with van der Waals surface area (Å²) in [6.07, 6.45) is 6.55. The van der Waals surface area contributed by atoms with E-state index in [4.69, 9.17) is 9.97 Å². The third-order valence-corrected chi connectivity index (χ3v) is 7.84. The lowest BCUT2D eigenvalue weighted by Gasteiger charge is -2.30. The van der Waals surface area contributed by atoms with E-state index in [1.54, 1.807) is 26.4 Å². The number of carbonyl (C=O) groups excluding carboxylic acids is 1. The van der Waals surface area contributed by atoms with Crippen LogP contribution in [-0.2, 0) is 11.3 Å². The Morgan fingerprint density at radius 2 is 1.90 bits per heavy atom. The molecule has 1 saturated heterocycles. The number of H-pyrrole nitrogens is 1. The van der Waals surface area contributed by atoms with Gasteiger partial charge < -0.3 is 25.1 Å². The fourth-order valence-corrected chi connectivity index (χ4v) is 5.83. The quantitative estimate of drug-likeness (QED) is 0.322. The van der Waals surface area contributed by atoms with Crippen LogP contribution in [0, 0.1) is 12.8 Å². The summed E-state index contributed by atoms with van der Waals surface area (Å²) >= 11 is 0.